The van der Waals surface area contributed by atoms with Crippen LogP contribution in [0.1, 0.15) is 60.0 Å². The topological polar surface area (TPSA) is 42.3 Å². The van der Waals surface area contributed by atoms with E-state index in [9.17, 15) is 0 Å². The van der Waals surface area contributed by atoms with Crippen LogP contribution in [-0.4, -0.2) is 39.8 Å². The fraction of sp³-hybridized carbons (Fsp3) is 0.524. The molecule has 2 fully saturated rings. The predicted octanol–water partition coefficient (Wildman–Crippen LogP) is 3.84. The average Bonchev–Trinajstić information content (AvgIpc) is 3.39. The van der Waals surface area contributed by atoms with E-state index in [1.807, 2.05) is 18.3 Å². The van der Waals surface area contributed by atoms with E-state index in [2.05, 4.69) is 45.7 Å². The van der Waals surface area contributed by atoms with E-state index in [1.54, 1.807) is 7.11 Å². The van der Waals surface area contributed by atoms with E-state index >= 15 is 0 Å². The number of hydrogen-bond acceptors (Lipinski definition) is 3. The molecule has 4 rings (SSSR count). The molecule has 2 aliphatic rings. The van der Waals surface area contributed by atoms with Crippen molar-refractivity contribution in [2.75, 3.05) is 20.3 Å². The normalized spacial score (nSPS) is 22.3. The second-order valence-electron chi connectivity index (χ2n) is 7.59. The Balaban J connectivity index is 1.73. The van der Waals surface area contributed by atoms with Crippen molar-refractivity contribution < 1.29 is 4.74 Å². The molecule has 0 aromatic carbocycles. The molecule has 144 valence electrons. The molecular formula is C21H28N4OS. The van der Waals surface area contributed by atoms with Crippen molar-refractivity contribution in [1.82, 2.24) is 19.8 Å². The fourth-order valence-electron chi connectivity index (χ4n) is 4.36. The van der Waals surface area contributed by atoms with E-state index in [4.69, 9.17) is 17.0 Å². The Morgan fingerprint density at radius 2 is 2.11 bits per heavy atom. The third-order valence-electron chi connectivity index (χ3n) is 5.70. The predicted molar refractivity (Wildman–Crippen MR) is 111 cm³/mol. The summed E-state index contributed by atoms with van der Waals surface area (Å²) in [5.41, 5.74) is 5.11. The lowest BCUT2D eigenvalue weighted by molar-refractivity contribution is 0.180. The quantitative estimate of drug-likeness (QED) is 0.580. The minimum absolute atomic E-state index is 0.0643. The van der Waals surface area contributed by atoms with Gasteiger partial charge in [0.2, 0.25) is 0 Å². The summed E-state index contributed by atoms with van der Waals surface area (Å²) in [6.45, 7) is 6.09. The molecule has 3 heterocycles. The first-order chi connectivity index (χ1) is 13.1. The maximum absolute atomic E-state index is 5.73. The molecule has 1 saturated carbocycles. The summed E-state index contributed by atoms with van der Waals surface area (Å²) in [5.74, 6) is 0. The van der Waals surface area contributed by atoms with Crippen LogP contribution in [0.2, 0.25) is 0 Å². The van der Waals surface area contributed by atoms with Crippen molar-refractivity contribution in [1.29, 1.82) is 0 Å². The summed E-state index contributed by atoms with van der Waals surface area (Å²) in [4.78, 5) is 6.95. The lowest BCUT2D eigenvalue weighted by Crippen LogP contribution is -2.31. The average molecular weight is 385 g/mol. The van der Waals surface area contributed by atoms with Crippen LogP contribution < -0.4 is 5.32 Å². The van der Waals surface area contributed by atoms with E-state index < -0.39 is 0 Å². The Bertz CT molecular complexity index is 815. The largest absolute Gasteiger partial charge is 0.385 e. The maximum atomic E-state index is 5.73. The molecule has 5 nitrogen and oxygen atoms in total. The molecule has 2 unspecified atom stereocenters. The zero-order valence-corrected chi connectivity index (χ0v) is 17.1. The van der Waals surface area contributed by atoms with Crippen LogP contribution in [0.25, 0.3) is 0 Å². The van der Waals surface area contributed by atoms with E-state index in [0.717, 1.165) is 30.4 Å². The molecular weight excluding hydrogens is 356 g/mol. The maximum Gasteiger partial charge on any atom is 0.170 e. The summed E-state index contributed by atoms with van der Waals surface area (Å²) in [5, 5.41) is 4.35. The van der Waals surface area contributed by atoms with E-state index in [0.29, 0.717) is 6.04 Å². The Morgan fingerprint density at radius 1 is 1.30 bits per heavy atom. The van der Waals surface area contributed by atoms with Gasteiger partial charge in [-0.1, -0.05) is 6.07 Å². The first-order valence-corrected chi connectivity index (χ1v) is 10.2. The molecule has 6 heteroatoms. The number of hydrogen-bond donors (Lipinski definition) is 1. The van der Waals surface area contributed by atoms with E-state index in [1.165, 1.54) is 29.8 Å². The molecule has 1 aliphatic heterocycles. The summed E-state index contributed by atoms with van der Waals surface area (Å²) in [6, 6.07) is 9.35. The van der Waals surface area contributed by atoms with Crippen LogP contribution >= 0.6 is 12.2 Å². The van der Waals surface area contributed by atoms with Crippen molar-refractivity contribution in [3.63, 3.8) is 0 Å². The third-order valence-corrected chi connectivity index (χ3v) is 6.05. The minimum atomic E-state index is 0.0643. The lowest BCUT2D eigenvalue weighted by atomic mass is 9.96. The van der Waals surface area contributed by atoms with Gasteiger partial charge in [0.25, 0.3) is 0 Å². The van der Waals surface area contributed by atoms with Gasteiger partial charge in [0, 0.05) is 43.9 Å². The molecule has 1 aliphatic carbocycles. The summed E-state index contributed by atoms with van der Waals surface area (Å²) < 4.78 is 7.78. The van der Waals surface area contributed by atoms with Gasteiger partial charge in [-0.15, -0.1) is 0 Å². The highest BCUT2D eigenvalue weighted by Crippen LogP contribution is 2.44. The Morgan fingerprint density at radius 3 is 2.78 bits per heavy atom. The Labute approximate surface area is 166 Å². The van der Waals surface area contributed by atoms with Gasteiger partial charge in [-0.05, 0) is 69.1 Å². The molecule has 0 amide bonds. The van der Waals surface area contributed by atoms with Gasteiger partial charge in [-0.25, -0.2) is 0 Å². The number of aryl methyl sites for hydroxylation is 1. The van der Waals surface area contributed by atoms with Crippen LogP contribution in [0.15, 0.2) is 30.5 Å². The monoisotopic (exact) mass is 384 g/mol. The smallest absolute Gasteiger partial charge is 0.170 e. The van der Waals surface area contributed by atoms with Gasteiger partial charge in [-0.2, -0.15) is 0 Å². The van der Waals surface area contributed by atoms with Gasteiger partial charge in [0.05, 0.1) is 17.8 Å². The zero-order valence-electron chi connectivity index (χ0n) is 16.3. The summed E-state index contributed by atoms with van der Waals surface area (Å²) in [6.07, 6.45) is 5.39. The second-order valence-corrected chi connectivity index (χ2v) is 7.98. The highest BCUT2D eigenvalue weighted by Gasteiger charge is 2.41. The van der Waals surface area contributed by atoms with Crippen molar-refractivity contribution >= 4 is 17.3 Å². The standard InChI is InChI=1S/C21H28N4OS/c1-14-13-17(15(2)25(14)16-8-9-16)20-19(18-7-4-5-10-22-18)23-21(27)24(20)11-6-12-26-3/h4-5,7,10,13,16,19-20H,6,8-9,11-12H2,1-3H3,(H,23,27). The number of pyridine rings is 1. The highest BCUT2D eigenvalue weighted by atomic mass is 32.1. The van der Waals surface area contributed by atoms with Crippen LogP contribution in [0.3, 0.4) is 0 Å². The molecule has 2 aromatic heterocycles. The van der Waals surface area contributed by atoms with Crippen LogP contribution in [0, 0.1) is 13.8 Å². The first-order valence-electron chi connectivity index (χ1n) is 9.77. The Hall–Kier alpha value is -1.92. The fourth-order valence-corrected chi connectivity index (χ4v) is 4.69. The van der Waals surface area contributed by atoms with Gasteiger partial charge in [-0.3, -0.25) is 4.98 Å². The van der Waals surface area contributed by atoms with Crippen LogP contribution in [0.5, 0.6) is 0 Å². The molecule has 1 N–H and O–H groups in total. The minimum Gasteiger partial charge on any atom is -0.385 e. The molecule has 1 saturated heterocycles. The molecule has 2 atom stereocenters. The van der Waals surface area contributed by atoms with Crippen LogP contribution in [0.4, 0.5) is 0 Å². The van der Waals surface area contributed by atoms with E-state index in [-0.39, 0.29) is 12.1 Å². The second kappa shape index (κ2) is 7.60. The number of ether oxygens (including phenoxy) is 1. The lowest BCUT2D eigenvalue weighted by Gasteiger charge is -2.28. The number of thiocarbonyl (C=S) groups is 1. The molecule has 2 aromatic rings. The van der Waals surface area contributed by atoms with Gasteiger partial charge in [0.15, 0.2) is 5.11 Å². The summed E-state index contributed by atoms with van der Waals surface area (Å²) >= 11 is 5.73. The first kappa shape index (κ1) is 18.4. The summed E-state index contributed by atoms with van der Waals surface area (Å²) in [7, 11) is 1.75. The number of nitrogens with one attached hydrogen (secondary N) is 1. The number of rotatable bonds is 7. The van der Waals surface area contributed by atoms with Gasteiger partial charge < -0.3 is 19.5 Å². The third kappa shape index (κ3) is 3.48. The van der Waals surface area contributed by atoms with Crippen molar-refractivity contribution in [3.8, 4) is 0 Å². The number of methoxy groups -OCH3 is 1. The van der Waals surface area contributed by atoms with Crippen molar-refractivity contribution in [3.05, 3.63) is 53.1 Å². The highest BCUT2D eigenvalue weighted by molar-refractivity contribution is 7.80. The number of nitrogens with zero attached hydrogens (tertiary/aromatic N) is 3. The number of aromatic nitrogens is 2. The molecule has 0 radical (unpaired) electrons. The van der Waals surface area contributed by atoms with Gasteiger partial charge >= 0.3 is 0 Å². The van der Waals surface area contributed by atoms with Crippen molar-refractivity contribution in [2.24, 2.45) is 0 Å². The SMILES string of the molecule is COCCCN1C(=S)NC(c2ccccn2)C1c1cc(C)n(C2CC2)c1C. The Kier molecular flexibility index (Phi) is 5.19. The van der Waals surface area contributed by atoms with Crippen molar-refractivity contribution in [2.45, 2.75) is 51.2 Å². The molecule has 27 heavy (non-hydrogen) atoms. The van der Waals surface area contributed by atoms with Gasteiger partial charge in [0.1, 0.15) is 0 Å². The van der Waals surface area contributed by atoms with Crippen LogP contribution in [-0.2, 0) is 4.74 Å². The zero-order chi connectivity index (χ0) is 19.0. The molecule has 0 bridgehead atoms. The molecule has 0 spiro atoms.